The molecular weight excluding hydrogens is 280 g/mol. The minimum atomic E-state index is 0.538. The molecule has 6 nitrogen and oxygen atoms in total. The van der Waals surface area contributed by atoms with Crippen molar-refractivity contribution < 1.29 is 9.47 Å². The Balaban J connectivity index is 1.83. The van der Waals surface area contributed by atoms with Crippen LogP contribution in [0.4, 0.5) is 5.82 Å². The van der Waals surface area contributed by atoms with Crippen LogP contribution in [0.25, 0.3) is 16.8 Å². The van der Waals surface area contributed by atoms with Crippen molar-refractivity contribution in [2.75, 3.05) is 31.7 Å². The maximum Gasteiger partial charge on any atom is 0.165 e. The number of hydrogen-bond acceptors (Lipinski definition) is 5. The van der Waals surface area contributed by atoms with E-state index in [0.29, 0.717) is 26.4 Å². The molecule has 1 aromatic carbocycles. The van der Waals surface area contributed by atoms with Gasteiger partial charge in [0.2, 0.25) is 0 Å². The van der Waals surface area contributed by atoms with Gasteiger partial charge in [-0.25, -0.2) is 9.50 Å². The van der Waals surface area contributed by atoms with Crippen LogP contribution in [0.5, 0.6) is 5.75 Å². The van der Waals surface area contributed by atoms with Crippen LogP contribution >= 0.6 is 0 Å². The summed E-state index contributed by atoms with van der Waals surface area (Å²) in [5.41, 5.74) is 2.85. The van der Waals surface area contributed by atoms with E-state index >= 15 is 0 Å². The summed E-state index contributed by atoms with van der Waals surface area (Å²) in [6, 6.07) is 9.87. The number of ether oxygens (including phenoxy) is 2. The molecule has 0 unspecified atom stereocenters. The van der Waals surface area contributed by atoms with Crippen LogP contribution in [0.1, 0.15) is 0 Å². The molecule has 0 saturated heterocycles. The maximum absolute atomic E-state index is 5.73. The lowest BCUT2D eigenvalue weighted by atomic mass is 10.1. The van der Waals surface area contributed by atoms with Crippen LogP contribution in [0, 0.1) is 0 Å². The van der Waals surface area contributed by atoms with E-state index in [1.54, 1.807) is 4.52 Å². The lowest BCUT2D eigenvalue weighted by Crippen LogP contribution is -2.14. The zero-order valence-corrected chi connectivity index (χ0v) is 12.0. The number of anilines is 1. The van der Waals surface area contributed by atoms with Gasteiger partial charge >= 0.3 is 0 Å². The standard InChI is InChI=1S/C16H16N4O2/c1-2-12-10-13(3-1)22-9-8-21-7-5-17-15-4-6-20-16(19-15)14(12)11-18-20/h1-4,6,10-11H,5,7-9H2,(H,17,19). The fraction of sp³-hybridized carbons (Fsp3) is 0.250. The van der Waals surface area contributed by atoms with Gasteiger partial charge in [0.05, 0.1) is 19.4 Å². The van der Waals surface area contributed by atoms with Crippen molar-refractivity contribution in [3.05, 3.63) is 42.7 Å². The third-order valence-corrected chi connectivity index (χ3v) is 3.56. The molecule has 3 aromatic rings. The zero-order chi connectivity index (χ0) is 14.8. The Kier molecular flexibility index (Phi) is 3.36. The van der Waals surface area contributed by atoms with E-state index in [9.17, 15) is 0 Å². The molecule has 0 saturated carbocycles. The molecule has 0 aliphatic carbocycles. The summed E-state index contributed by atoms with van der Waals surface area (Å²) in [5, 5.41) is 7.63. The predicted molar refractivity (Wildman–Crippen MR) is 83.2 cm³/mol. The van der Waals surface area contributed by atoms with Crippen molar-refractivity contribution in [2.45, 2.75) is 0 Å². The fourth-order valence-electron chi connectivity index (χ4n) is 2.50. The van der Waals surface area contributed by atoms with Gasteiger partial charge in [-0.3, -0.25) is 0 Å². The smallest absolute Gasteiger partial charge is 0.165 e. The van der Waals surface area contributed by atoms with E-state index in [1.807, 2.05) is 42.7 Å². The molecule has 4 rings (SSSR count). The van der Waals surface area contributed by atoms with Gasteiger partial charge in [0.1, 0.15) is 18.2 Å². The van der Waals surface area contributed by atoms with Crippen molar-refractivity contribution >= 4 is 11.5 Å². The van der Waals surface area contributed by atoms with Crippen molar-refractivity contribution in [1.29, 1.82) is 0 Å². The molecule has 1 N–H and O–H groups in total. The number of nitrogens with one attached hydrogen (secondary N) is 1. The van der Waals surface area contributed by atoms with E-state index in [0.717, 1.165) is 28.3 Å². The lowest BCUT2D eigenvalue weighted by molar-refractivity contribution is 0.107. The topological polar surface area (TPSA) is 60.7 Å². The highest BCUT2D eigenvalue weighted by molar-refractivity contribution is 5.78. The molecule has 0 spiro atoms. The van der Waals surface area contributed by atoms with Crippen molar-refractivity contribution in [2.24, 2.45) is 0 Å². The molecule has 112 valence electrons. The quantitative estimate of drug-likeness (QED) is 0.689. The summed E-state index contributed by atoms with van der Waals surface area (Å²) in [6.45, 7) is 2.42. The summed E-state index contributed by atoms with van der Waals surface area (Å²) >= 11 is 0. The molecule has 6 heteroatoms. The van der Waals surface area contributed by atoms with Crippen molar-refractivity contribution in [1.82, 2.24) is 14.6 Å². The summed E-state index contributed by atoms with van der Waals surface area (Å²) in [7, 11) is 0. The number of rotatable bonds is 0. The third-order valence-electron chi connectivity index (χ3n) is 3.56. The maximum atomic E-state index is 5.73. The van der Waals surface area contributed by atoms with Gasteiger partial charge < -0.3 is 14.8 Å². The lowest BCUT2D eigenvalue weighted by Gasteiger charge is -2.11. The monoisotopic (exact) mass is 296 g/mol. The highest BCUT2D eigenvalue weighted by atomic mass is 16.5. The average Bonchev–Trinajstić information content (AvgIpc) is 2.97. The van der Waals surface area contributed by atoms with E-state index < -0.39 is 0 Å². The molecule has 4 bridgehead atoms. The first kappa shape index (κ1) is 13.1. The molecule has 0 radical (unpaired) electrons. The van der Waals surface area contributed by atoms with Gasteiger partial charge in [-0.05, 0) is 23.8 Å². The Labute approximate surface area is 127 Å². The van der Waals surface area contributed by atoms with Gasteiger partial charge in [-0.1, -0.05) is 12.1 Å². The Morgan fingerprint density at radius 1 is 1.14 bits per heavy atom. The molecule has 3 heterocycles. The Morgan fingerprint density at radius 3 is 3.14 bits per heavy atom. The molecule has 0 atom stereocenters. The number of benzene rings is 1. The molecular formula is C16H16N4O2. The Bertz CT molecular complexity index is 800. The number of nitrogens with zero attached hydrogens (tertiary/aromatic N) is 3. The number of fused-ring (bicyclic) bond motifs is 4. The molecule has 0 fully saturated rings. The van der Waals surface area contributed by atoms with Crippen LogP contribution in [-0.4, -0.2) is 41.0 Å². The van der Waals surface area contributed by atoms with Crippen LogP contribution in [0.15, 0.2) is 42.7 Å². The fourth-order valence-corrected chi connectivity index (χ4v) is 2.50. The minimum Gasteiger partial charge on any atom is -0.491 e. The van der Waals surface area contributed by atoms with Crippen LogP contribution in [-0.2, 0) is 4.74 Å². The summed E-state index contributed by atoms with van der Waals surface area (Å²) < 4.78 is 13.0. The summed E-state index contributed by atoms with van der Waals surface area (Å²) in [4.78, 5) is 4.65. The number of hydrogen-bond donors (Lipinski definition) is 1. The van der Waals surface area contributed by atoms with E-state index in [-0.39, 0.29) is 0 Å². The van der Waals surface area contributed by atoms with Crippen LogP contribution < -0.4 is 10.1 Å². The molecule has 22 heavy (non-hydrogen) atoms. The Hall–Kier alpha value is -2.60. The zero-order valence-electron chi connectivity index (χ0n) is 12.0. The van der Waals surface area contributed by atoms with Gasteiger partial charge in [0, 0.05) is 18.3 Å². The van der Waals surface area contributed by atoms with Gasteiger partial charge in [-0.15, -0.1) is 0 Å². The summed E-state index contributed by atoms with van der Waals surface area (Å²) in [5.74, 6) is 1.65. The van der Waals surface area contributed by atoms with E-state index in [1.165, 1.54) is 0 Å². The summed E-state index contributed by atoms with van der Waals surface area (Å²) in [6.07, 6.45) is 3.74. The second kappa shape index (κ2) is 5.65. The molecule has 2 aromatic heterocycles. The highest BCUT2D eigenvalue weighted by Crippen LogP contribution is 2.27. The molecule has 1 aliphatic heterocycles. The first-order chi connectivity index (χ1) is 10.9. The molecule has 0 amide bonds. The van der Waals surface area contributed by atoms with Crippen molar-refractivity contribution in [3.8, 4) is 16.9 Å². The van der Waals surface area contributed by atoms with Crippen molar-refractivity contribution in [3.63, 3.8) is 0 Å². The third kappa shape index (κ3) is 2.48. The van der Waals surface area contributed by atoms with Gasteiger partial charge in [-0.2, -0.15) is 5.10 Å². The van der Waals surface area contributed by atoms with E-state index in [4.69, 9.17) is 9.47 Å². The second-order valence-corrected chi connectivity index (χ2v) is 5.05. The first-order valence-electron chi connectivity index (χ1n) is 7.29. The highest BCUT2D eigenvalue weighted by Gasteiger charge is 2.10. The van der Waals surface area contributed by atoms with Gasteiger partial charge in [0.25, 0.3) is 0 Å². The van der Waals surface area contributed by atoms with Gasteiger partial charge in [0.15, 0.2) is 5.65 Å². The average molecular weight is 296 g/mol. The number of aromatic nitrogens is 3. The first-order valence-corrected chi connectivity index (χ1v) is 7.29. The van der Waals surface area contributed by atoms with E-state index in [2.05, 4.69) is 15.4 Å². The van der Waals surface area contributed by atoms with Crippen LogP contribution in [0.2, 0.25) is 0 Å². The normalized spacial score (nSPS) is 15.1. The Morgan fingerprint density at radius 2 is 2.14 bits per heavy atom. The second-order valence-electron chi connectivity index (χ2n) is 5.05. The van der Waals surface area contributed by atoms with Crippen LogP contribution in [0.3, 0.4) is 0 Å². The largest absolute Gasteiger partial charge is 0.491 e. The minimum absolute atomic E-state index is 0.538. The molecule has 1 aliphatic rings. The predicted octanol–water partition coefficient (Wildman–Crippen LogP) is 2.22. The SMILES string of the molecule is c1cc2cc(c1)-c1cnn3ccc(nc13)NCCOCCO2.